The molecule has 11 heteroatoms. The van der Waals surface area contributed by atoms with E-state index in [1.54, 1.807) is 15.6 Å². The molecule has 0 unspecified atom stereocenters. The number of hydrogen-bond acceptors (Lipinski definition) is 7. The van der Waals surface area contributed by atoms with Gasteiger partial charge in [-0.25, -0.2) is 18.9 Å². The Bertz CT molecular complexity index is 1600. The van der Waals surface area contributed by atoms with Crippen LogP contribution < -0.4 is 0 Å². The fourth-order valence-electron chi connectivity index (χ4n) is 5.12. The molecule has 2 atom stereocenters. The summed E-state index contributed by atoms with van der Waals surface area (Å²) in [4.78, 5) is 19.1. The Hall–Kier alpha value is -3.42. The highest BCUT2D eigenvalue weighted by Crippen LogP contribution is 2.41. The van der Waals surface area contributed by atoms with Gasteiger partial charge in [0.1, 0.15) is 27.2 Å². The van der Waals surface area contributed by atoms with Gasteiger partial charge in [-0.3, -0.25) is 0 Å². The molecule has 5 rings (SSSR count). The lowest BCUT2D eigenvalue weighted by Crippen LogP contribution is -2.48. The van der Waals surface area contributed by atoms with E-state index in [1.165, 1.54) is 11.8 Å². The monoisotopic (exact) mass is 566 g/mol. The molecule has 202 valence electrons. The van der Waals surface area contributed by atoms with Gasteiger partial charge in [0, 0.05) is 17.5 Å². The molecule has 4 aromatic rings. The van der Waals surface area contributed by atoms with Gasteiger partial charge >= 0.3 is 6.09 Å². The summed E-state index contributed by atoms with van der Waals surface area (Å²) < 4.78 is 23.5. The minimum Gasteiger partial charge on any atom is -0.444 e. The third kappa shape index (κ3) is 5.13. The van der Waals surface area contributed by atoms with E-state index in [1.807, 2.05) is 57.4 Å². The first-order chi connectivity index (χ1) is 18.6. The second kappa shape index (κ2) is 10.6. The molecule has 1 fully saturated rings. The summed E-state index contributed by atoms with van der Waals surface area (Å²) >= 11 is 8.04. The maximum absolute atomic E-state index is 16.1. The van der Waals surface area contributed by atoms with Gasteiger partial charge in [0.15, 0.2) is 5.82 Å². The summed E-state index contributed by atoms with van der Waals surface area (Å²) in [6, 6.07) is 12.5. The van der Waals surface area contributed by atoms with Gasteiger partial charge in [0.05, 0.1) is 29.6 Å². The highest BCUT2D eigenvalue weighted by atomic mass is 35.5. The van der Waals surface area contributed by atoms with Crippen LogP contribution in [-0.4, -0.2) is 55.4 Å². The topological polar surface area (TPSA) is 96.9 Å². The number of pyridine rings is 1. The predicted octanol–water partition coefficient (Wildman–Crippen LogP) is 7.02. The van der Waals surface area contributed by atoms with E-state index in [0.717, 1.165) is 0 Å². The molecule has 0 N–H and O–H groups in total. The molecule has 1 saturated heterocycles. The number of rotatable bonds is 4. The number of nitriles is 1. The van der Waals surface area contributed by atoms with E-state index >= 15 is 4.39 Å². The van der Waals surface area contributed by atoms with E-state index in [9.17, 15) is 10.1 Å². The molecule has 1 aliphatic heterocycles. The molecule has 1 amide bonds. The van der Waals surface area contributed by atoms with Crippen molar-refractivity contribution in [2.45, 2.75) is 62.7 Å². The van der Waals surface area contributed by atoms with Crippen molar-refractivity contribution in [2.24, 2.45) is 0 Å². The number of hydrogen-bond donors (Lipinski definition) is 0. The van der Waals surface area contributed by atoms with Crippen molar-refractivity contribution in [3.63, 3.8) is 0 Å². The molecule has 0 aliphatic carbocycles. The number of fused-ring (bicyclic) bond motifs is 3. The molecule has 0 bridgehead atoms. The summed E-state index contributed by atoms with van der Waals surface area (Å²) in [5.74, 6) is -0.504. The van der Waals surface area contributed by atoms with Crippen LogP contribution in [0, 0.1) is 17.1 Å². The fraction of sp³-hybridized carbons (Fsp3) is 0.393. The molecular formula is C28H28ClFN6O2S. The first kappa shape index (κ1) is 27.2. The number of benzene rings is 2. The minimum atomic E-state index is -0.644. The zero-order valence-corrected chi connectivity index (χ0v) is 23.7. The number of likely N-dealkylation sites (tertiary alicyclic amines) is 1. The van der Waals surface area contributed by atoms with Crippen molar-refractivity contribution < 1.29 is 13.9 Å². The lowest BCUT2D eigenvalue weighted by atomic mass is 9.95. The number of carbonyl (C=O) groups excluding carboxylic acids is 1. The SMILES string of the molecule is CSc1nc2c(F)c(-c3ccccc3)c(Cl)cc2c2c1nnn2[C@H]1CCN(C(=O)OC(C)(C)C)[C@H](CC#N)C1. The maximum Gasteiger partial charge on any atom is 0.410 e. The summed E-state index contributed by atoms with van der Waals surface area (Å²) in [5, 5.41) is 19.7. The lowest BCUT2D eigenvalue weighted by Gasteiger charge is -2.39. The van der Waals surface area contributed by atoms with Crippen molar-refractivity contribution in [1.82, 2.24) is 24.9 Å². The molecule has 0 saturated carbocycles. The number of ether oxygens (including phenoxy) is 1. The van der Waals surface area contributed by atoms with Crippen LogP contribution >= 0.6 is 23.4 Å². The zero-order chi connectivity index (χ0) is 27.9. The van der Waals surface area contributed by atoms with Crippen LogP contribution in [0.15, 0.2) is 41.4 Å². The Balaban J connectivity index is 1.61. The fourth-order valence-corrected chi connectivity index (χ4v) is 5.94. The first-order valence-electron chi connectivity index (χ1n) is 12.7. The molecule has 2 aromatic carbocycles. The predicted molar refractivity (Wildman–Crippen MR) is 150 cm³/mol. The molecule has 39 heavy (non-hydrogen) atoms. The normalized spacial score (nSPS) is 17.9. The largest absolute Gasteiger partial charge is 0.444 e. The van der Waals surface area contributed by atoms with Gasteiger partial charge in [-0.15, -0.1) is 16.9 Å². The number of halogens is 2. The summed E-state index contributed by atoms with van der Waals surface area (Å²) in [6.07, 6.45) is 2.62. The highest BCUT2D eigenvalue weighted by molar-refractivity contribution is 7.98. The molecule has 3 heterocycles. The standard InChI is InChI=1S/C28H28ClFN6O2S/c1-28(2,3)38-27(37)35-13-11-18(14-17(35)10-12-31)36-25-19-15-20(29)21(16-8-6-5-7-9-16)22(30)23(19)32-26(39-4)24(25)33-34-36/h5-9,15,17-18H,10-11,13-14H2,1-4H3/t17-,18+/m1/s1. The number of carbonyl (C=O) groups is 1. The van der Waals surface area contributed by atoms with Gasteiger partial charge in [0.2, 0.25) is 0 Å². The van der Waals surface area contributed by atoms with E-state index in [4.69, 9.17) is 16.3 Å². The molecule has 8 nitrogen and oxygen atoms in total. The molecule has 0 spiro atoms. The number of thioether (sulfide) groups is 1. The molecule has 1 aliphatic rings. The Morgan fingerprint density at radius 1 is 1.28 bits per heavy atom. The van der Waals surface area contributed by atoms with Crippen LogP contribution in [0.1, 0.15) is 46.1 Å². The molecule has 0 radical (unpaired) electrons. The second-order valence-corrected chi connectivity index (χ2v) is 11.7. The van der Waals surface area contributed by atoms with Crippen molar-refractivity contribution >= 4 is 51.4 Å². The lowest BCUT2D eigenvalue weighted by molar-refractivity contribution is 0.00557. The summed E-state index contributed by atoms with van der Waals surface area (Å²) in [7, 11) is 0. The van der Waals surface area contributed by atoms with E-state index in [0.29, 0.717) is 52.0 Å². The van der Waals surface area contributed by atoms with Crippen molar-refractivity contribution in [2.75, 3.05) is 12.8 Å². The van der Waals surface area contributed by atoms with Gasteiger partial charge in [-0.2, -0.15) is 5.26 Å². The molecular weight excluding hydrogens is 539 g/mol. The Morgan fingerprint density at radius 3 is 2.69 bits per heavy atom. The van der Waals surface area contributed by atoms with E-state index < -0.39 is 17.5 Å². The van der Waals surface area contributed by atoms with Crippen LogP contribution in [0.25, 0.3) is 33.1 Å². The smallest absolute Gasteiger partial charge is 0.410 e. The summed E-state index contributed by atoms with van der Waals surface area (Å²) in [6.45, 7) is 5.83. The minimum absolute atomic E-state index is 0.154. The van der Waals surface area contributed by atoms with Crippen LogP contribution in [0.3, 0.4) is 0 Å². The third-order valence-electron chi connectivity index (χ3n) is 6.80. The molecule has 2 aromatic heterocycles. The van der Waals surface area contributed by atoms with Crippen molar-refractivity contribution in [3.05, 3.63) is 47.2 Å². The maximum atomic E-state index is 16.1. The zero-order valence-electron chi connectivity index (χ0n) is 22.1. The van der Waals surface area contributed by atoms with Crippen LogP contribution in [0.4, 0.5) is 9.18 Å². The van der Waals surface area contributed by atoms with Crippen molar-refractivity contribution in [1.29, 1.82) is 5.26 Å². The van der Waals surface area contributed by atoms with Crippen molar-refractivity contribution in [3.8, 4) is 17.2 Å². The van der Waals surface area contributed by atoms with Gasteiger partial charge in [0.25, 0.3) is 0 Å². The Labute approximate surface area is 235 Å². The van der Waals surface area contributed by atoms with Gasteiger partial charge in [-0.05, 0) is 51.5 Å². The quantitative estimate of drug-likeness (QED) is 0.245. The van der Waals surface area contributed by atoms with Gasteiger partial charge < -0.3 is 9.64 Å². The third-order valence-corrected chi connectivity index (χ3v) is 7.77. The first-order valence-corrected chi connectivity index (χ1v) is 14.3. The van der Waals surface area contributed by atoms with E-state index in [-0.39, 0.29) is 29.0 Å². The van der Waals surface area contributed by atoms with Crippen LogP contribution in [0.2, 0.25) is 5.02 Å². The number of piperidine rings is 1. The number of amides is 1. The average molecular weight is 567 g/mol. The highest BCUT2D eigenvalue weighted by Gasteiger charge is 2.36. The Kier molecular flexibility index (Phi) is 7.40. The number of aromatic nitrogens is 4. The van der Waals surface area contributed by atoms with Crippen LogP contribution in [0.5, 0.6) is 0 Å². The van der Waals surface area contributed by atoms with E-state index in [2.05, 4.69) is 21.4 Å². The van der Waals surface area contributed by atoms with Crippen LogP contribution in [-0.2, 0) is 4.74 Å². The average Bonchev–Trinajstić information content (AvgIpc) is 3.34. The second-order valence-electron chi connectivity index (χ2n) is 10.5. The van der Waals surface area contributed by atoms with Gasteiger partial charge in [-0.1, -0.05) is 47.1 Å². The summed E-state index contributed by atoms with van der Waals surface area (Å²) in [5.41, 5.74) is 1.70. The Morgan fingerprint density at radius 2 is 2.03 bits per heavy atom. The number of nitrogens with zero attached hydrogens (tertiary/aromatic N) is 6.